The van der Waals surface area contributed by atoms with Crippen molar-refractivity contribution in [2.24, 2.45) is 0 Å². The van der Waals surface area contributed by atoms with E-state index in [1.165, 1.54) is 61.6 Å². The fourth-order valence-corrected chi connectivity index (χ4v) is 5.77. The zero-order valence-corrected chi connectivity index (χ0v) is 26.7. The van der Waals surface area contributed by atoms with Gasteiger partial charge in [0.15, 0.2) is 11.5 Å². The molecule has 0 bridgehead atoms. The fraction of sp³-hybridized carbons (Fsp3) is 0.375. The van der Waals surface area contributed by atoms with E-state index in [0.29, 0.717) is 30.1 Å². The van der Waals surface area contributed by atoms with Gasteiger partial charge in [0, 0.05) is 18.7 Å². The number of nitrogens with one attached hydrogen (secondary N) is 1. The van der Waals surface area contributed by atoms with Crippen LogP contribution in [0.2, 0.25) is 0 Å². The Balaban J connectivity index is 2.07. The normalized spacial score (nSPS) is 12.5. The maximum Gasteiger partial charge on any atom is 0.264 e. The number of sulfonamides is 1. The van der Waals surface area contributed by atoms with Crippen LogP contribution in [-0.4, -0.2) is 64.6 Å². The van der Waals surface area contributed by atoms with Gasteiger partial charge in [0.2, 0.25) is 11.8 Å². The number of amides is 2. The first-order chi connectivity index (χ1) is 20.9. The molecular formula is C32H40FN3O7S. The maximum absolute atomic E-state index is 14.2. The third-order valence-corrected chi connectivity index (χ3v) is 8.86. The maximum atomic E-state index is 14.2. The van der Waals surface area contributed by atoms with Gasteiger partial charge < -0.3 is 24.4 Å². The highest BCUT2D eigenvalue weighted by atomic mass is 32.2. The van der Waals surface area contributed by atoms with E-state index in [-0.39, 0.29) is 28.9 Å². The van der Waals surface area contributed by atoms with Crippen LogP contribution in [0.3, 0.4) is 0 Å². The van der Waals surface area contributed by atoms with Crippen LogP contribution in [0, 0.1) is 5.82 Å². The number of nitrogens with zero attached hydrogens (tertiary/aromatic N) is 2. The van der Waals surface area contributed by atoms with Gasteiger partial charge in [-0.3, -0.25) is 13.9 Å². The second kappa shape index (κ2) is 15.4. The minimum absolute atomic E-state index is 0.0538. The van der Waals surface area contributed by atoms with E-state index in [2.05, 4.69) is 5.32 Å². The van der Waals surface area contributed by atoms with E-state index in [0.717, 1.165) is 4.31 Å². The van der Waals surface area contributed by atoms with Crippen LogP contribution in [0.5, 0.6) is 17.2 Å². The van der Waals surface area contributed by atoms with Crippen molar-refractivity contribution >= 4 is 27.5 Å². The number of hydrogen-bond acceptors (Lipinski definition) is 7. The van der Waals surface area contributed by atoms with Crippen LogP contribution >= 0.6 is 0 Å². The third-order valence-electron chi connectivity index (χ3n) is 7.09. The molecule has 3 rings (SSSR count). The topological polar surface area (TPSA) is 114 Å². The standard InChI is InChI=1S/C32H40FN3O7S/c1-7-22(3)34-32(38)23(4)35(20-24-9-11-25(33)12-10-24)31(37)21-36(26-13-15-27(16-14-26)43-8-2)44(39,40)28-17-18-29(41-5)30(19-28)42-6/h9-19,22-23H,7-8,20-21H2,1-6H3,(H,34,38)/t22-,23+/m1/s1. The fourth-order valence-electron chi connectivity index (χ4n) is 4.34. The predicted octanol–water partition coefficient (Wildman–Crippen LogP) is 4.77. The highest BCUT2D eigenvalue weighted by Gasteiger charge is 2.33. The van der Waals surface area contributed by atoms with Crippen LogP contribution in [0.25, 0.3) is 0 Å². The Morgan fingerprint density at radius 3 is 2.11 bits per heavy atom. The lowest BCUT2D eigenvalue weighted by Gasteiger charge is -2.32. The molecule has 3 aromatic carbocycles. The van der Waals surface area contributed by atoms with Crippen LogP contribution < -0.4 is 23.8 Å². The molecule has 1 N–H and O–H groups in total. The van der Waals surface area contributed by atoms with Gasteiger partial charge in [0.1, 0.15) is 24.2 Å². The first kappa shape index (κ1) is 34.2. The lowest BCUT2D eigenvalue weighted by molar-refractivity contribution is -0.139. The number of rotatable bonds is 15. The summed E-state index contributed by atoms with van der Waals surface area (Å²) >= 11 is 0. The molecule has 0 unspecified atom stereocenters. The molecule has 12 heteroatoms. The summed E-state index contributed by atoms with van der Waals surface area (Å²) in [5, 5.41) is 2.88. The number of anilines is 1. The third kappa shape index (κ3) is 8.40. The van der Waals surface area contributed by atoms with Crippen molar-refractivity contribution in [3.63, 3.8) is 0 Å². The zero-order valence-electron chi connectivity index (χ0n) is 25.9. The highest BCUT2D eigenvalue weighted by molar-refractivity contribution is 7.92. The molecule has 44 heavy (non-hydrogen) atoms. The van der Waals surface area contributed by atoms with Gasteiger partial charge in [0.05, 0.1) is 31.4 Å². The van der Waals surface area contributed by atoms with Crippen LogP contribution in [0.15, 0.2) is 71.6 Å². The van der Waals surface area contributed by atoms with Crippen LogP contribution in [0.1, 0.15) is 39.7 Å². The molecule has 0 fully saturated rings. The SMILES string of the molecule is CCOc1ccc(N(CC(=O)N(Cc2ccc(F)cc2)[C@@H](C)C(=O)N[C@H](C)CC)S(=O)(=O)c2ccc(OC)c(OC)c2)cc1. The second-order valence-electron chi connectivity index (χ2n) is 10.1. The van der Waals surface area contributed by atoms with E-state index < -0.39 is 40.2 Å². The molecule has 0 saturated heterocycles. The second-order valence-corrected chi connectivity index (χ2v) is 12.0. The largest absolute Gasteiger partial charge is 0.494 e. The number of methoxy groups -OCH3 is 2. The molecule has 0 aromatic heterocycles. The smallest absolute Gasteiger partial charge is 0.264 e. The van der Waals surface area contributed by atoms with E-state index in [1.807, 2.05) is 20.8 Å². The van der Waals surface area contributed by atoms with Gasteiger partial charge in [-0.2, -0.15) is 0 Å². The lowest BCUT2D eigenvalue weighted by Crippen LogP contribution is -2.52. The number of benzene rings is 3. The van der Waals surface area contributed by atoms with Crippen molar-refractivity contribution in [2.45, 2.75) is 57.6 Å². The lowest BCUT2D eigenvalue weighted by atomic mass is 10.1. The van der Waals surface area contributed by atoms with E-state index >= 15 is 0 Å². The van der Waals surface area contributed by atoms with Crippen molar-refractivity contribution in [1.82, 2.24) is 10.2 Å². The number of halogens is 1. The Morgan fingerprint density at radius 1 is 0.909 bits per heavy atom. The van der Waals surface area contributed by atoms with Gasteiger partial charge in [-0.05, 0) is 81.3 Å². The summed E-state index contributed by atoms with van der Waals surface area (Å²) in [6.07, 6.45) is 0.680. The van der Waals surface area contributed by atoms with Crippen LogP contribution in [0.4, 0.5) is 10.1 Å². The van der Waals surface area contributed by atoms with E-state index in [4.69, 9.17) is 14.2 Å². The van der Waals surface area contributed by atoms with Gasteiger partial charge in [-0.25, -0.2) is 12.8 Å². The van der Waals surface area contributed by atoms with Gasteiger partial charge in [0.25, 0.3) is 10.0 Å². The van der Waals surface area contributed by atoms with Crippen molar-refractivity contribution in [1.29, 1.82) is 0 Å². The summed E-state index contributed by atoms with van der Waals surface area (Å²) in [6.45, 7) is 6.90. The summed E-state index contributed by atoms with van der Waals surface area (Å²) in [5.74, 6) is -0.429. The number of hydrogen-bond donors (Lipinski definition) is 1. The van der Waals surface area contributed by atoms with Gasteiger partial charge >= 0.3 is 0 Å². The molecule has 10 nitrogen and oxygen atoms in total. The molecule has 0 aliphatic rings. The quantitative estimate of drug-likeness (QED) is 0.258. The summed E-state index contributed by atoms with van der Waals surface area (Å²) in [7, 11) is -1.53. The zero-order chi connectivity index (χ0) is 32.4. The highest BCUT2D eigenvalue weighted by Crippen LogP contribution is 2.33. The Labute approximate surface area is 258 Å². The first-order valence-corrected chi connectivity index (χ1v) is 15.7. The minimum atomic E-state index is -4.35. The monoisotopic (exact) mass is 629 g/mol. The summed E-state index contributed by atoms with van der Waals surface area (Å²) in [5.41, 5.74) is 0.772. The van der Waals surface area contributed by atoms with Crippen molar-refractivity contribution in [2.75, 3.05) is 31.7 Å². The number of ether oxygens (including phenoxy) is 3. The van der Waals surface area contributed by atoms with Gasteiger partial charge in [-0.15, -0.1) is 0 Å². The molecule has 2 atom stereocenters. The molecule has 0 radical (unpaired) electrons. The molecule has 238 valence electrons. The molecule has 0 aliphatic heterocycles. The van der Waals surface area contributed by atoms with Gasteiger partial charge in [-0.1, -0.05) is 19.1 Å². The van der Waals surface area contributed by atoms with Crippen molar-refractivity contribution < 1.29 is 36.6 Å². The molecule has 0 heterocycles. The molecular weight excluding hydrogens is 589 g/mol. The molecule has 3 aromatic rings. The first-order valence-electron chi connectivity index (χ1n) is 14.3. The molecule has 0 spiro atoms. The van der Waals surface area contributed by atoms with Crippen molar-refractivity contribution in [3.05, 3.63) is 78.1 Å². The molecule has 0 aliphatic carbocycles. The summed E-state index contributed by atoms with van der Waals surface area (Å²) in [4.78, 5) is 28.4. The van der Waals surface area contributed by atoms with Crippen LogP contribution in [-0.2, 0) is 26.2 Å². The summed E-state index contributed by atoms with van der Waals surface area (Å²) in [6, 6.07) is 14.9. The Bertz CT molecular complexity index is 1520. The Kier molecular flexibility index (Phi) is 12.0. The number of carbonyl (C=O) groups is 2. The minimum Gasteiger partial charge on any atom is -0.494 e. The summed E-state index contributed by atoms with van der Waals surface area (Å²) < 4.78 is 59.0. The van der Waals surface area contributed by atoms with E-state index in [1.54, 1.807) is 31.2 Å². The molecule has 2 amide bonds. The van der Waals surface area contributed by atoms with E-state index in [9.17, 15) is 22.4 Å². The Hall–Kier alpha value is -4.32. The molecule has 0 saturated carbocycles. The van der Waals surface area contributed by atoms with Crippen molar-refractivity contribution in [3.8, 4) is 17.2 Å². The number of carbonyl (C=O) groups excluding carboxylic acids is 2. The predicted molar refractivity (Wildman–Crippen MR) is 166 cm³/mol. The average Bonchev–Trinajstić information content (AvgIpc) is 3.02. The Morgan fingerprint density at radius 2 is 1.55 bits per heavy atom. The average molecular weight is 630 g/mol.